The quantitative estimate of drug-likeness (QED) is 0.574. The molecule has 4 rings (SSSR count). The molecule has 0 amide bonds. The molecule has 2 heteroatoms. The van der Waals surface area contributed by atoms with Crippen molar-refractivity contribution >= 4 is 11.9 Å². The van der Waals surface area contributed by atoms with Crippen molar-refractivity contribution in [3.63, 3.8) is 0 Å². The van der Waals surface area contributed by atoms with Crippen LogP contribution in [0.1, 0.15) is 34.3 Å². The molecule has 1 atom stereocenters. The minimum absolute atomic E-state index is 0.0854. The molecule has 0 aliphatic carbocycles. The summed E-state index contributed by atoms with van der Waals surface area (Å²) < 4.78 is 6.54. The number of ketones is 1. The Morgan fingerprint density at radius 2 is 1.50 bits per heavy atom. The second-order valence-corrected chi connectivity index (χ2v) is 6.57. The van der Waals surface area contributed by atoms with E-state index in [9.17, 15) is 4.79 Å². The fraction of sp³-hybridized carbons (Fsp3) is 0.125. The average Bonchev–Trinajstić information content (AvgIpc) is 2.89. The van der Waals surface area contributed by atoms with Crippen LogP contribution in [0.3, 0.4) is 0 Å². The van der Waals surface area contributed by atoms with Gasteiger partial charge < -0.3 is 4.74 Å². The van der Waals surface area contributed by atoms with Crippen LogP contribution in [0.5, 0.6) is 5.75 Å². The Bertz CT molecular complexity index is 929. The van der Waals surface area contributed by atoms with Gasteiger partial charge in [0.05, 0.1) is 6.42 Å². The van der Waals surface area contributed by atoms with Crippen LogP contribution in [0.2, 0.25) is 0 Å². The third-order valence-corrected chi connectivity index (χ3v) is 4.81. The molecular formula is C24H20O2. The van der Waals surface area contributed by atoms with E-state index in [1.807, 2.05) is 84.9 Å². The Labute approximate surface area is 153 Å². The molecule has 3 aromatic rings. The van der Waals surface area contributed by atoms with E-state index in [1.54, 1.807) is 0 Å². The number of rotatable bonds is 4. The van der Waals surface area contributed by atoms with Gasteiger partial charge in [-0.2, -0.15) is 0 Å². The van der Waals surface area contributed by atoms with Gasteiger partial charge in [-0.15, -0.1) is 0 Å². The topological polar surface area (TPSA) is 26.3 Å². The van der Waals surface area contributed by atoms with Crippen LogP contribution in [0.25, 0.3) is 6.08 Å². The molecule has 1 heterocycles. The molecule has 128 valence electrons. The lowest BCUT2D eigenvalue weighted by molar-refractivity contribution is 0.0518. The van der Waals surface area contributed by atoms with Gasteiger partial charge in [-0.3, -0.25) is 4.79 Å². The summed E-state index contributed by atoms with van der Waals surface area (Å²) in [6.45, 7) is 0. The van der Waals surface area contributed by atoms with E-state index in [0.717, 1.165) is 16.9 Å². The minimum Gasteiger partial charge on any atom is -0.481 e. The number of benzene rings is 3. The number of hydrogen-bond donors (Lipinski definition) is 0. The summed E-state index contributed by atoms with van der Waals surface area (Å²) in [7, 11) is 0. The van der Waals surface area contributed by atoms with Gasteiger partial charge in [-0.1, -0.05) is 91.0 Å². The van der Waals surface area contributed by atoms with Crippen molar-refractivity contribution in [2.75, 3.05) is 0 Å². The number of carbonyl (C=O) groups is 1. The summed E-state index contributed by atoms with van der Waals surface area (Å²) in [5.41, 5.74) is 2.06. The van der Waals surface area contributed by atoms with Crippen LogP contribution in [-0.4, -0.2) is 5.78 Å². The summed E-state index contributed by atoms with van der Waals surface area (Å²) in [6, 6.07) is 27.5. The van der Waals surface area contributed by atoms with Crippen LogP contribution in [0.15, 0.2) is 91.0 Å². The maximum Gasteiger partial charge on any atom is 0.167 e. The average molecular weight is 340 g/mol. The monoisotopic (exact) mass is 340 g/mol. The molecule has 26 heavy (non-hydrogen) atoms. The molecule has 3 aromatic carbocycles. The number of para-hydroxylation sites is 1. The molecule has 0 fully saturated rings. The zero-order valence-electron chi connectivity index (χ0n) is 14.5. The van der Waals surface area contributed by atoms with Crippen molar-refractivity contribution in [2.45, 2.75) is 18.4 Å². The van der Waals surface area contributed by atoms with E-state index in [4.69, 9.17) is 4.74 Å². The molecule has 0 saturated heterocycles. The lowest BCUT2D eigenvalue weighted by Gasteiger charge is -2.33. The van der Waals surface area contributed by atoms with Crippen LogP contribution in [0.4, 0.5) is 0 Å². The van der Waals surface area contributed by atoms with Crippen LogP contribution in [-0.2, 0) is 5.60 Å². The molecule has 0 saturated carbocycles. The summed E-state index contributed by atoms with van der Waals surface area (Å²) in [5.74, 6) is 0.896. The van der Waals surface area contributed by atoms with Gasteiger partial charge in [0.15, 0.2) is 5.78 Å². The van der Waals surface area contributed by atoms with Gasteiger partial charge in [0.25, 0.3) is 0 Å². The zero-order valence-corrected chi connectivity index (χ0v) is 14.5. The van der Waals surface area contributed by atoms with E-state index < -0.39 is 5.60 Å². The van der Waals surface area contributed by atoms with E-state index >= 15 is 0 Å². The highest BCUT2D eigenvalue weighted by atomic mass is 16.5. The first-order chi connectivity index (χ1) is 12.8. The fourth-order valence-corrected chi connectivity index (χ4v) is 3.45. The summed E-state index contributed by atoms with van der Waals surface area (Å²) in [6.07, 6.45) is 5.12. The second-order valence-electron chi connectivity index (χ2n) is 6.57. The number of carbonyl (C=O) groups excluding carboxylic acids is 1. The van der Waals surface area contributed by atoms with Gasteiger partial charge in [0.1, 0.15) is 11.4 Å². The van der Waals surface area contributed by atoms with Crippen LogP contribution >= 0.6 is 0 Å². The normalized spacial score (nSPS) is 18.5. The molecule has 1 unspecified atom stereocenters. The molecule has 0 N–H and O–H groups in total. The van der Waals surface area contributed by atoms with Gasteiger partial charge in [0, 0.05) is 17.5 Å². The summed E-state index contributed by atoms with van der Waals surface area (Å²) in [4.78, 5) is 13.0. The molecule has 1 aliphatic rings. The first-order valence-corrected chi connectivity index (χ1v) is 8.85. The lowest BCUT2D eigenvalue weighted by atomic mass is 9.84. The molecule has 1 aliphatic heterocycles. The van der Waals surface area contributed by atoms with Gasteiger partial charge >= 0.3 is 0 Å². The Kier molecular flexibility index (Phi) is 4.40. The maximum atomic E-state index is 13.0. The SMILES string of the molecule is O=C(CC1(c2ccccc2)CC=Cc2ccccc2O1)c1ccccc1. The van der Waals surface area contributed by atoms with Crippen LogP contribution in [0, 0.1) is 0 Å². The molecule has 0 bridgehead atoms. The summed E-state index contributed by atoms with van der Waals surface area (Å²) in [5, 5.41) is 0. The van der Waals surface area contributed by atoms with E-state index in [1.165, 1.54) is 0 Å². The van der Waals surface area contributed by atoms with Crippen molar-refractivity contribution < 1.29 is 9.53 Å². The van der Waals surface area contributed by atoms with Crippen molar-refractivity contribution in [3.05, 3.63) is 108 Å². The highest BCUT2D eigenvalue weighted by Crippen LogP contribution is 2.40. The standard InChI is InChI=1S/C24H20O2/c25-22(19-10-3-1-4-11-19)18-24(21-14-5-2-6-15-21)17-9-13-20-12-7-8-16-23(20)26-24/h1-16H,17-18H2. The molecule has 0 aromatic heterocycles. The van der Waals surface area contributed by atoms with Gasteiger partial charge in [-0.25, -0.2) is 0 Å². The Morgan fingerprint density at radius 1 is 0.846 bits per heavy atom. The third kappa shape index (κ3) is 3.18. The molecule has 2 nitrogen and oxygen atoms in total. The molecule has 0 radical (unpaired) electrons. The molecule has 0 spiro atoms. The van der Waals surface area contributed by atoms with Crippen molar-refractivity contribution in [1.29, 1.82) is 0 Å². The lowest BCUT2D eigenvalue weighted by Crippen LogP contribution is -2.35. The number of fused-ring (bicyclic) bond motifs is 1. The predicted molar refractivity (Wildman–Crippen MR) is 104 cm³/mol. The van der Waals surface area contributed by atoms with E-state index in [-0.39, 0.29) is 5.78 Å². The number of ether oxygens (including phenoxy) is 1. The smallest absolute Gasteiger partial charge is 0.167 e. The predicted octanol–water partition coefficient (Wildman–Crippen LogP) is 5.65. The molecular weight excluding hydrogens is 320 g/mol. The fourth-order valence-electron chi connectivity index (χ4n) is 3.45. The van der Waals surface area contributed by atoms with E-state index in [0.29, 0.717) is 18.4 Å². The highest BCUT2D eigenvalue weighted by Gasteiger charge is 2.37. The first-order valence-electron chi connectivity index (χ1n) is 8.85. The highest BCUT2D eigenvalue weighted by molar-refractivity contribution is 5.96. The van der Waals surface area contributed by atoms with Crippen LogP contribution < -0.4 is 4.74 Å². The number of hydrogen-bond acceptors (Lipinski definition) is 2. The van der Waals surface area contributed by atoms with Crippen molar-refractivity contribution in [3.8, 4) is 5.75 Å². The van der Waals surface area contributed by atoms with Crippen molar-refractivity contribution in [1.82, 2.24) is 0 Å². The van der Waals surface area contributed by atoms with E-state index in [2.05, 4.69) is 12.2 Å². The zero-order chi connectivity index (χ0) is 17.8. The Balaban J connectivity index is 1.77. The maximum absolute atomic E-state index is 13.0. The minimum atomic E-state index is -0.711. The Hall–Kier alpha value is -3.13. The second kappa shape index (κ2) is 7.01. The number of Topliss-reactive ketones (excluding diaryl/α,β-unsaturated/α-hetero) is 1. The van der Waals surface area contributed by atoms with Gasteiger partial charge in [-0.05, 0) is 11.6 Å². The van der Waals surface area contributed by atoms with Gasteiger partial charge in [0.2, 0.25) is 0 Å². The van der Waals surface area contributed by atoms with Crippen molar-refractivity contribution in [2.24, 2.45) is 0 Å². The Morgan fingerprint density at radius 3 is 2.27 bits per heavy atom. The largest absolute Gasteiger partial charge is 0.481 e. The third-order valence-electron chi connectivity index (χ3n) is 4.81. The first kappa shape index (κ1) is 16.3. The summed E-state index contributed by atoms with van der Waals surface area (Å²) >= 11 is 0.